The number of hydrogen-bond donors (Lipinski definition) is 2. The Balaban J connectivity index is 1.96. The first-order chi connectivity index (χ1) is 9.99. The molecular formula is C16H20N2O2S. The SMILES string of the molecule is Cc1cc(C)cc(CSCc2cc(C(=O)NN)c(C)o2)c1. The lowest BCUT2D eigenvalue weighted by Crippen LogP contribution is -2.30. The topological polar surface area (TPSA) is 68.3 Å². The van der Waals surface area contributed by atoms with E-state index in [9.17, 15) is 4.79 Å². The average Bonchev–Trinajstić information content (AvgIpc) is 2.78. The van der Waals surface area contributed by atoms with Gasteiger partial charge >= 0.3 is 0 Å². The Morgan fingerprint density at radius 2 is 1.81 bits per heavy atom. The molecule has 0 saturated heterocycles. The fraction of sp³-hybridized carbons (Fsp3) is 0.312. The first-order valence-corrected chi connectivity index (χ1v) is 7.90. The molecule has 0 fully saturated rings. The van der Waals surface area contributed by atoms with Gasteiger partial charge in [-0.2, -0.15) is 0 Å². The van der Waals surface area contributed by atoms with Crippen molar-refractivity contribution in [3.8, 4) is 0 Å². The molecule has 5 heteroatoms. The highest BCUT2D eigenvalue weighted by atomic mass is 32.2. The number of nitrogens with two attached hydrogens (primary N) is 1. The summed E-state index contributed by atoms with van der Waals surface area (Å²) in [5.41, 5.74) is 6.49. The van der Waals surface area contributed by atoms with Crippen LogP contribution >= 0.6 is 11.8 Å². The summed E-state index contributed by atoms with van der Waals surface area (Å²) in [4.78, 5) is 11.5. The zero-order chi connectivity index (χ0) is 15.4. The average molecular weight is 304 g/mol. The van der Waals surface area contributed by atoms with Crippen LogP contribution in [0.3, 0.4) is 0 Å². The third-order valence-electron chi connectivity index (χ3n) is 3.14. The number of thioether (sulfide) groups is 1. The summed E-state index contributed by atoms with van der Waals surface area (Å²) in [6.07, 6.45) is 0. The van der Waals surface area contributed by atoms with E-state index in [0.29, 0.717) is 11.3 Å². The summed E-state index contributed by atoms with van der Waals surface area (Å²) in [6, 6.07) is 8.31. The van der Waals surface area contributed by atoms with Crippen LogP contribution in [-0.2, 0) is 11.5 Å². The van der Waals surface area contributed by atoms with Crippen LogP contribution in [0.1, 0.15) is 38.6 Å². The zero-order valence-electron chi connectivity index (χ0n) is 12.5. The molecule has 0 spiro atoms. The van der Waals surface area contributed by atoms with E-state index in [4.69, 9.17) is 10.3 Å². The lowest BCUT2D eigenvalue weighted by Gasteiger charge is -2.04. The summed E-state index contributed by atoms with van der Waals surface area (Å²) < 4.78 is 5.59. The molecule has 2 aromatic rings. The Kier molecular flexibility index (Phi) is 5.09. The van der Waals surface area contributed by atoms with Gasteiger partial charge in [-0.25, -0.2) is 5.84 Å². The van der Waals surface area contributed by atoms with Crippen molar-refractivity contribution in [1.82, 2.24) is 5.43 Å². The van der Waals surface area contributed by atoms with Crippen molar-refractivity contribution in [2.45, 2.75) is 32.3 Å². The summed E-state index contributed by atoms with van der Waals surface area (Å²) in [5.74, 6) is 7.86. The predicted molar refractivity (Wildman–Crippen MR) is 86.0 cm³/mol. The molecule has 1 aromatic carbocycles. The molecule has 0 saturated carbocycles. The predicted octanol–water partition coefficient (Wildman–Crippen LogP) is 3.24. The number of amides is 1. The molecule has 2 rings (SSSR count). The first kappa shape index (κ1) is 15.7. The molecular weight excluding hydrogens is 284 g/mol. The van der Waals surface area contributed by atoms with Crippen LogP contribution in [0.2, 0.25) is 0 Å². The van der Waals surface area contributed by atoms with Crippen LogP contribution in [0.5, 0.6) is 0 Å². The quantitative estimate of drug-likeness (QED) is 0.505. The van der Waals surface area contributed by atoms with Gasteiger partial charge in [-0.3, -0.25) is 10.2 Å². The van der Waals surface area contributed by atoms with Crippen molar-refractivity contribution >= 4 is 17.7 Å². The van der Waals surface area contributed by atoms with E-state index in [-0.39, 0.29) is 5.91 Å². The minimum atomic E-state index is -0.318. The lowest BCUT2D eigenvalue weighted by molar-refractivity contribution is 0.0952. The van der Waals surface area contributed by atoms with E-state index in [2.05, 4.69) is 37.5 Å². The van der Waals surface area contributed by atoms with Gasteiger partial charge in [0.05, 0.1) is 11.3 Å². The van der Waals surface area contributed by atoms with Crippen LogP contribution in [0.25, 0.3) is 0 Å². The molecule has 3 N–H and O–H groups in total. The van der Waals surface area contributed by atoms with Crippen molar-refractivity contribution < 1.29 is 9.21 Å². The molecule has 1 amide bonds. The molecule has 0 aliphatic heterocycles. The van der Waals surface area contributed by atoms with Gasteiger partial charge in [0, 0.05) is 5.75 Å². The molecule has 0 aliphatic rings. The van der Waals surface area contributed by atoms with E-state index >= 15 is 0 Å². The van der Waals surface area contributed by atoms with Gasteiger partial charge in [-0.1, -0.05) is 29.3 Å². The number of nitrogen functional groups attached to an aromatic ring is 1. The van der Waals surface area contributed by atoms with Gasteiger partial charge in [0.25, 0.3) is 5.91 Å². The van der Waals surface area contributed by atoms with Crippen LogP contribution < -0.4 is 11.3 Å². The normalized spacial score (nSPS) is 10.7. The first-order valence-electron chi connectivity index (χ1n) is 6.74. The third kappa shape index (κ3) is 4.12. The zero-order valence-corrected chi connectivity index (χ0v) is 13.3. The number of aryl methyl sites for hydroxylation is 3. The van der Waals surface area contributed by atoms with Crippen LogP contribution in [0, 0.1) is 20.8 Å². The van der Waals surface area contributed by atoms with Gasteiger partial charge < -0.3 is 4.42 Å². The summed E-state index contributed by atoms with van der Waals surface area (Å²) in [5, 5.41) is 0. The van der Waals surface area contributed by atoms with Crippen molar-refractivity contribution in [3.05, 3.63) is 58.0 Å². The second-order valence-electron chi connectivity index (χ2n) is 5.14. The third-order valence-corrected chi connectivity index (χ3v) is 4.17. The molecule has 0 atom stereocenters. The van der Waals surface area contributed by atoms with E-state index in [1.165, 1.54) is 16.7 Å². The van der Waals surface area contributed by atoms with Crippen molar-refractivity contribution in [2.75, 3.05) is 0 Å². The maximum atomic E-state index is 11.5. The van der Waals surface area contributed by atoms with Gasteiger partial charge in [0.2, 0.25) is 0 Å². The van der Waals surface area contributed by atoms with E-state index in [1.807, 2.05) is 0 Å². The second kappa shape index (κ2) is 6.83. The van der Waals surface area contributed by atoms with Crippen LogP contribution in [-0.4, -0.2) is 5.91 Å². The van der Waals surface area contributed by atoms with E-state index in [0.717, 1.165) is 17.3 Å². The Labute approximate surface area is 129 Å². The van der Waals surface area contributed by atoms with Crippen molar-refractivity contribution in [2.24, 2.45) is 5.84 Å². The molecule has 112 valence electrons. The number of rotatable bonds is 5. The minimum absolute atomic E-state index is 0.318. The standard InChI is InChI=1S/C16H20N2O2S/c1-10-4-11(2)6-13(5-10)8-21-9-14-7-15(12(3)20-14)16(19)18-17/h4-7H,8-9,17H2,1-3H3,(H,18,19). The maximum Gasteiger partial charge on any atom is 0.268 e. The van der Waals surface area contributed by atoms with Gasteiger partial charge in [-0.15, -0.1) is 11.8 Å². The molecule has 0 unspecified atom stereocenters. The van der Waals surface area contributed by atoms with Crippen LogP contribution in [0.15, 0.2) is 28.7 Å². The highest BCUT2D eigenvalue weighted by molar-refractivity contribution is 7.97. The lowest BCUT2D eigenvalue weighted by atomic mass is 10.1. The fourth-order valence-corrected chi connectivity index (χ4v) is 3.19. The van der Waals surface area contributed by atoms with E-state index < -0.39 is 0 Å². The number of benzene rings is 1. The maximum absolute atomic E-state index is 11.5. The van der Waals surface area contributed by atoms with Crippen molar-refractivity contribution in [3.63, 3.8) is 0 Å². The highest BCUT2D eigenvalue weighted by Crippen LogP contribution is 2.23. The Hall–Kier alpha value is -1.72. The molecule has 1 aromatic heterocycles. The summed E-state index contributed by atoms with van der Waals surface area (Å²) in [7, 11) is 0. The summed E-state index contributed by atoms with van der Waals surface area (Å²) >= 11 is 1.76. The van der Waals surface area contributed by atoms with E-state index in [1.54, 1.807) is 24.8 Å². The Morgan fingerprint density at radius 3 is 2.43 bits per heavy atom. The fourth-order valence-electron chi connectivity index (χ4n) is 2.34. The number of carbonyl (C=O) groups is 1. The number of hydrogen-bond acceptors (Lipinski definition) is 4. The Bertz CT molecular complexity index is 629. The molecule has 0 radical (unpaired) electrons. The Morgan fingerprint density at radius 1 is 1.14 bits per heavy atom. The van der Waals surface area contributed by atoms with Crippen molar-refractivity contribution in [1.29, 1.82) is 0 Å². The molecule has 21 heavy (non-hydrogen) atoms. The van der Waals surface area contributed by atoms with Gasteiger partial charge in [0.1, 0.15) is 11.5 Å². The molecule has 0 bridgehead atoms. The smallest absolute Gasteiger partial charge is 0.268 e. The highest BCUT2D eigenvalue weighted by Gasteiger charge is 2.13. The molecule has 4 nitrogen and oxygen atoms in total. The number of hydrazine groups is 1. The monoisotopic (exact) mass is 304 g/mol. The van der Waals surface area contributed by atoms with Crippen LogP contribution in [0.4, 0.5) is 0 Å². The number of nitrogens with one attached hydrogen (secondary N) is 1. The summed E-state index contributed by atoms with van der Waals surface area (Å²) in [6.45, 7) is 5.98. The number of furan rings is 1. The largest absolute Gasteiger partial charge is 0.465 e. The number of carbonyl (C=O) groups excluding carboxylic acids is 1. The minimum Gasteiger partial charge on any atom is -0.465 e. The molecule has 1 heterocycles. The molecule has 0 aliphatic carbocycles. The second-order valence-corrected chi connectivity index (χ2v) is 6.13. The van der Waals surface area contributed by atoms with Gasteiger partial charge in [-0.05, 0) is 32.4 Å². The van der Waals surface area contributed by atoms with Gasteiger partial charge in [0.15, 0.2) is 0 Å².